The second kappa shape index (κ2) is 11.9. The molecule has 0 aliphatic carbocycles. The van der Waals surface area contributed by atoms with Crippen LogP contribution in [0.25, 0.3) is 0 Å². The molecule has 3 amide bonds. The number of carbonyl (C=O) groups is 5. The molecule has 206 valence electrons. The summed E-state index contributed by atoms with van der Waals surface area (Å²) in [6, 6.07) is -1.71. The van der Waals surface area contributed by atoms with Gasteiger partial charge >= 0.3 is 11.9 Å². The maximum atomic E-state index is 13.0. The molecule has 0 bridgehead atoms. The standard InChI is InChI=1S/C22H28N6O8S2/c1-10(23)15(29)26-21-24-11(8-38-21)13(27-34-5)16(30)25-14-17(31)28-12(6-7-37-18(14)28)19(32)35-9-36-20(33)22(2,3)4/h6,8,10,14,18H,7,9,23H2,1-5H3,(H,25,30)(H,24,26,29)/t10-,14-,18-/m0/s1. The molecule has 3 heterocycles. The van der Waals surface area contributed by atoms with E-state index in [2.05, 4.69) is 20.8 Å². The maximum absolute atomic E-state index is 13.0. The van der Waals surface area contributed by atoms with Gasteiger partial charge in [-0.2, -0.15) is 0 Å². The fourth-order valence-electron chi connectivity index (χ4n) is 3.12. The molecular formula is C22H28N6O8S2. The van der Waals surface area contributed by atoms with Crippen LogP contribution in [-0.4, -0.2) is 82.4 Å². The largest absolute Gasteiger partial charge is 0.427 e. The third-order valence-corrected chi connectivity index (χ3v) is 7.06. The molecule has 0 saturated carbocycles. The predicted octanol–water partition coefficient (Wildman–Crippen LogP) is 0.153. The highest BCUT2D eigenvalue weighted by Gasteiger charge is 2.53. The number of carbonyl (C=O) groups excluding carboxylic acids is 5. The average Bonchev–Trinajstić information content (AvgIpc) is 3.31. The Balaban J connectivity index is 1.62. The van der Waals surface area contributed by atoms with Gasteiger partial charge in [-0.15, -0.1) is 23.1 Å². The summed E-state index contributed by atoms with van der Waals surface area (Å²) < 4.78 is 9.96. The molecule has 1 fully saturated rings. The number of amides is 3. The molecule has 38 heavy (non-hydrogen) atoms. The number of thiazole rings is 1. The summed E-state index contributed by atoms with van der Waals surface area (Å²) in [7, 11) is 1.24. The van der Waals surface area contributed by atoms with Crippen molar-refractivity contribution in [3.63, 3.8) is 0 Å². The quantitative estimate of drug-likeness (QED) is 0.121. The van der Waals surface area contributed by atoms with Gasteiger partial charge in [0, 0.05) is 11.1 Å². The van der Waals surface area contributed by atoms with Crippen molar-refractivity contribution < 1.29 is 38.3 Å². The fraction of sp³-hybridized carbons (Fsp3) is 0.500. The number of β-lactam (4-membered cyclic amide) rings is 1. The normalized spacial score (nSPS) is 19.8. The summed E-state index contributed by atoms with van der Waals surface area (Å²) in [4.78, 5) is 72.2. The minimum Gasteiger partial charge on any atom is -0.427 e. The van der Waals surface area contributed by atoms with Crippen LogP contribution < -0.4 is 16.4 Å². The first-order valence-electron chi connectivity index (χ1n) is 11.3. The number of thioether (sulfide) groups is 1. The van der Waals surface area contributed by atoms with Crippen LogP contribution in [0.15, 0.2) is 22.3 Å². The second-order valence-electron chi connectivity index (χ2n) is 9.14. The van der Waals surface area contributed by atoms with Gasteiger partial charge in [0.25, 0.3) is 11.8 Å². The van der Waals surface area contributed by atoms with Gasteiger partial charge in [0.1, 0.15) is 29.9 Å². The van der Waals surface area contributed by atoms with Crippen LogP contribution in [0.2, 0.25) is 0 Å². The van der Waals surface area contributed by atoms with E-state index in [0.29, 0.717) is 5.75 Å². The van der Waals surface area contributed by atoms with E-state index < -0.39 is 59.3 Å². The minimum atomic E-state index is -0.958. The molecule has 14 nitrogen and oxygen atoms in total. The third kappa shape index (κ3) is 6.49. The van der Waals surface area contributed by atoms with Gasteiger partial charge in [-0.25, -0.2) is 9.78 Å². The van der Waals surface area contributed by atoms with E-state index in [1.54, 1.807) is 20.8 Å². The lowest BCUT2D eigenvalue weighted by Gasteiger charge is -2.48. The fourth-order valence-corrected chi connectivity index (χ4v) is 5.01. The number of nitrogens with two attached hydrogens (primary N) is 1. The number of fused-ring (bicyclic) bond motifs is 1. The number of hydrogen-bond donors (Lipinski definition) is 3. The highest BCUT2D eigenvalue weighted by molar-refractivity contribution is 8.00. The smallest absolute Gasteiger partial charge is 0.357 e. The number of nitrogens with zero attached hydrogens (tertiary/aromatic N) is 3. The highest BCUT2D eigenvalue weighted by atomic mass is 32.2. The van der Waals surface area contributed by atoms with E-state index >= 15 is 0 Å². The molecule has 1 aromatic heterocycles. The predicted molar refractivity (Wildman–Crippen MR) is 138 cm³/mol. The van der Waals surface area contributed by atoms with E-state index in [1.165, 1.54) is 42.2 Å². The number of oxime groups is 1. The molecule has 1 aromatic rings. The number of ether oxygens (including phenoxy) is 2. The summed E-state index contributed by atoms with van der Waals surface area (Å²) >= 11 is 2.38. The van der Waals surface area contributed by atoms with Crippen molar-refractivity contribution in [2.24, 2.45) is 16.3 Å². The Morgan fingerprint density at radius 1 is 1.29 bits per heavy atom. The van der Waals surface area contributed by atoms with E-state index in [4.69, 9.17) is 20.0 Å². The molecule has 2 aliphatic heterocycles. The number of hydrogen-bond acceptors (Lipinski definition) is 13. The molecule has 16 heteroatoms. The lowest BCUT2D eigenvalue weighted by molar-refractivity contribution is -0.173. The zero-order valence-corrected chi connectivity index (χ0v) is 22.9. The van der Waals surface area contributed by atoms with Gasteiger partial charge in [0.05, 0.1) is 11.5 Å². The summed E-state index contributed by atoms with van der Waals surface area (Å²) in [5.41, 5.74) is 4.67. The van der Waals surface area contributed by atoms with E-state index in [0.717, 1.165) is 11.3 Å². The monoisotopic (exact) mass is 568 g/mol. The Labute approximate surface area is 226 Å². The van der Waals surface area contributed by atoms with E-state index in [-0.39, 0.29) is 22.2 Å². The van der Waals surface area contributed by atoms with Gasteiger partial charge in [-0.05, 0) is 33.8 Å². The van der Waals surface area contributed by atoms with Crippen LogP contribution in [0, 0.1) is 5.41 Å². The topological polar surface area (TPSA) is 192 Å². The van der Waals surface area contributed by atoms with Crippen LogP contribution in [0.5, 0.6) is 0 Å². The van der Waals surface area contributed by atoms with Gasteiger partial charge in [-0.3, -0.25) is 24.1 Å². The van der Waals surface area contributed by atoms with E-state index in [1.807, 2.05) is 0 Å². The lowest BCUT2D eigenvalue weighted by Crippen LogP contribution is -2.70. The van der Waals surface area contributed by atoms with Crippen LogP contribution >= 0.6 is 23.1 Å². The Hall–Kier alpha value is -3.50. The Morgan fingerprint density at radius 2 is 2.00 bits per heavy atom. The zero-order valence-electron chi connectivity index (χ0n) is 21.3. The van der Waals surface area contributed by atoms with Crippen molar-refractivity contribution in [1.82, 2.24) is 15.2 Å². The van der Waals surface area contributed by atoms with Crippen molar-refractivity contribution in [2.75, 3.05) is 25.0 Å². The minimum absolute atomic E-state index is 0.00384. The van der Waals surface area contributed by atoms with Crippen LogP contribution in [0.4, 0.5) is 5.13 Å². The van der Waals surface area contributed by atoms with Crippen molar-refractivity contribution in [3.05, 3.63) is 22.8 Å². The highest BCUT2D eigenvalue weighted by Crippen LogP contribution is 2.38. The van der Waals surface area contributed by atoms with Gasteiger partial charge in [0.2, 0.25) is 12.7 Å². The molecule has 0 unspecified atom stereocenters. The van der Waals surface area contributed by atoms with Crippen LogP contribution in [0.3, 0.4) is 0 Å². The Kier molecular flexibility index (Phi) is 9.11. The maximum Gasteiger partial charge on any atom is 0.357 e. The first kappa shape index (κ1) is 29.1. The van der Waals surface area contributed by atoms with Gasteiger partial charge < -0.3 is 30.7 Å². The first-order valence-corrected chi connectivity index (χ1v) is 13.2. The summed E-state index contributed by atoms with van der Waals surface area (Å²) in [6.45, 7) is 5.90. The first-order chi connectivity index (χ1) is 17.8. The van der Waals surface area contributed by atoms with Crippen molar-refractivity contribution in [1.29, 1.82) is 0 Å². The van der Waals surface area contributed by atoms with Crippen LogP contribution in [0.1, 0.15) is 33.4 Å². The molecule has 0 radical (unpaired) electrons. The summed E-state index contributed by atoms with van der Waals surface area (Å²) in [6.07, 6.45) is 1.52. The number of anilines is 1. The molecule has 3 atom stereocenters. The van der Waals surface area contributed by atoms with Gasteiger partial charge in [-0.1, -0.05) is 5.16 Å². The Morgan fingerprint density at radius 3 is 2.63 bits per heavy atom. The SMILES string of the molecule is CON=C(C(=O)N[C@H]1C(=O)N2C(C(=O)OCOC(=O)C(C)(C)C)=CCS[C@@H]12)c1csc(NC(=O)[C@H](C)N)n1. The third-order valence-electron chi connectivity index (χ3n) is 5.12. The second-order valence-corrected chi connectivity index (χ2v) is 11.2. The molecule has 1 saturated heterocycles. The van der Waals surface area contributed by atoms with Gasteiger partial charge in [0.15, 0.2) is 10.8 Å². The molecular weight excluding hydrogens is 540 g/mol. The average molecular weight is 569 g/mol. The lowest BCUT2D eigenvalue weighted by atomic mass is 9.98. The number of rotatable bonds is 9. The van der Waals surface area contributed by atoms with Crippen molar-refractivity contribution >= 4 is 63.6 Å². The summed E-state index contributed by atoms with van der Waals surface area (Å²) in [5, 5.41) is 9.96. The van der Waals surface area contributed by atoms with Crippen molar-refractivity contribution in [2.45, 2.75) is 45.2 Å². The number of nitrogens with one attached hydrogen (secondary N) is 2. The summed E-state index contributed by atoms with van der Waals surface area (Å²) in [5.74, 6) is -2.73. The molecule has 2 aliphatic rings. The molecule has 3 rings (SSSR count). The Bertz CT molecular complexity index is 1190. The van der Waals surface area contributed by atoms with E-state index in [9.17, 15) is 24.0 Å². The molecule has 4 N–H and O–H groups in total. The van der Waals surface area contributed by atoms with Crippen LogP contribution in [-0.2, 0) is 38.3 Å². The van der Waals surface area contributed by atoms with Crippen molar-refractivity contribution in [3.8, 4) is 0 Å². The number of esters is 2. The molecule has 0 aromatic carbocycles. The molecule has 0 spiro atoms. The number of aromatic nitrogens is 1. The zero-order chi connectivity index (χ0) is 28.2.